The molecular formula is C50H33N3O4. The summed E-state index contributed by atoms with van der Waals surface area (Å²) < 4.78 is 9.51. The van der Waals surface area contributed by atoms with Crippen molar-refractivity contribution in [3.63, 3.8) is 0 Å². The number of carboxylic acid groups (broad SMARTS) is 1. The minimum absolute atomic E-state index is 0.248. The van der Waals surface area contributed by atoms with Gasteiger partial charge in [0.05, 0.1) is 27.6 Å². The molecule has 0 bridgehead atoms. The topological polar surface area (TPSA) is 76.7 Å². The zero-order valence-electron chi connectivity index (χ0n) is 30.5. The maximum absolute atomic E-state index is 11.7. The maximum Gasteiger partial charge on any atom is 0.335 e. The van der Waals surface area contributed by atoms with E-state index < -0.39 is 5.97 Å². The van der Waals surface area contributed by atoms with E-state index in [-0.39, 0.29) is 5.56 Å². The zero-order chi connectivity index (χ0) is 38.5. The first-order chi connectivity index (χ1) is 28.1. The van der Waals surface area contributed by atoms with Gasteiger partial charge in [0.1, 0.15) is 5.75 Å². The van der Waals surface area contributed by atoms with Crippen molar-refractivity contribution in [3.8, 4) is 28.3 Å². The van der Waals surface area contributed by atoms with Crippen LogP contribution in [0.2, 0.25) is 0 Å². The molecular weight excluding hydrogens is 707 g/mol. The Kier molecular flexibility index (Phi) is 8.12. The summed E-state index contributed by atoms with van der Waals surface area (Å²) in [5, 5.41) is 14.0. The van der Waals surface area contributed by atoms with Gasteiger partial charge in [0.25, 0.3) is 6.47 Å². The van der Waals surface area contributed by atoms with E-state index >= 15 is 0 Å². The van der Waals surface area contributed by atoms with E-state index in [0.29, 0.717) is 12.2 Å². The Morgan fingerprint density at radius 2 is 0.930 bits per heavy atom. The lowest BCUT2D eigenvalue weighted by atomic mass is 10.0. The first kappa shape index (κ1) is 33.7. The van der Waals surface area contributed by atoms with Gasteiger partial charge in [0, 0.05) is 50.0 Å². The van der Waals surface area contributed by atoms with Gasteiger partial charge in [0.15, 0.2) is 0 Å². The lowest BCUT2D eigenvalue weighted by Crippen LogP contribution is -2.10. The molecule has 0 unspecified atom stereocenters. The molecule has 10 aromatic rings. The number of ether oxygens (including phenoxy) is 1. The van der Waals surface area contributed by atoms with Gasteiger partial charge in [-0.2, -0.15) is 0 Å². The van der Waals surface area contributed by atoms with E-state index in [0.717, 1.165) is 83.2 Å². The van der Waals surface area contributed by atoms with E-state index in [1.165, 1.54) is 0 Å². The molecule has 0 aliphatic rings. The smallest absolute Gasteiger partial charge is 0.335 e. The molecule has 7 nitrogen and oxygen atoms in total. The van der Waals surface area contributed by atoms with Crippen LogP contribution in [0.25, 0.3) is 66.1 Å². The number of fused-ring (bicyclic) bond motifs is 6. The van der Waals surface area contributed by atoms with Crippen LogP contribution in [0.4, 0.5) is 17.1 Å². The standard InChI is InChI=1S/C50H33N3O4/c54-32-57-41-26-22-38(23-27-41)53-47-13-7-5-11-43(47)45-31-40(25-29-49(45)53)51(36-18-14-34(15-19-36)33-8-2-1-3-9-33)39-24-28-48-44(30-39)42-10-4-6-12-46(42)52(48)37-20-16-35(17-21-37)50(55)56/h1-32H,(H,55,56). The van der Waals surface area contributed by atoms with Crippen molar-refractivity contribution in [1.29, 1.82) is 0 Å². The fourth-order valence-corrected chi connectivity index (χ4v) is 8.12. The van der Waals surface area contributed by atoms with E-state index in [2.05, 4.69) is 141 Å². The molecule has 0 saturated carbocycles. The van der Waals surface area contributed by atoms with Crippen molar-refractivity contribution in [2.75, 3.05) is 4.90 Å². The van der Waals surface area contributed by atoms with Crippen LogP contribution in [0.3, 0.4) is 0 Å². The van der Waals surface area contributed by atoms with Gasteiger partial charge >= 0.3 is 5.97 Å². The lowest BCUT2D eigenvalue weighted by Gasteiger charge is -2.26. The molecule has 2 heterocycles. The summed E-state index contributed by atoms with van der Waals surface area (Å²) in [7, 11) is 0. The highest BCUT2D eigenvalue weighted by Gasteiger charge is 2.20. The van der Waals surface area contributed by atoms with Gasteiger partial charge in [-0.3, -0.25) is 4.79 Å². The van der Waals surface area contributed by atoms with Gasteiger partial charge in [-0.05, 0) is 120 Å². The van der Waals surface area contributed by atoms with Crippen molar-refractivity contribution in [1.82, 2.24) is 9.13 Å². The molecule has 0 aliphatic carbocycles. The second kappa shape index (κ2) is 13.7. The van der Waals surface area contributed by atoms with Crippen molar-refractivity contribution in [2.24, 2.45) is 0 Å². The molecule has 0 atom stereocenters. The number of anilines is 3. The Labute approximate surface area is 327 Å². The highest BCUT2D eigenvalue weighted by Crippen LogP contribution is 2.43. The van der Waals surface area contributed by atoms with Gasteiger partial charge in [-0.25, -0.2) is 4.79 Å². The Bertz CT molecular complexity index is 3130. The van der Waals surface area contributed by atoms with Crippen LogP contribution >= 0.6 is 0 Å². The molecule has 7 heteroatoms. The van der Waals surface area contributed by atoms with E-state index in [4.69, 9.17) is 4.74 Å². The van der Waals surface area contributed by atoms with E-state index in [9.17, 15) is 14.7 Å². The molecule has 0 aliphatic heterocycles. The predicted octanol–water partition coefficient (Wildman–Crippen LogP) is 12.3. The fraction of sp³-hybridized carbons (Fsp3) is 0. The second-order valence-electron chi connectivity index (χ2n) is 13.9. The Balaban J connectivity index is 1.17. The molecule has 0 saturated heterocycles. The van der Waals surface area contributed by atoms with Gasteiger partial charge in [-0.15, -0.1) is 0 Å². The maximum atomic E-state index is 11.7. The second-order valence-corrected chi connectivity index (χ2v) is 13.9. The molecule has 0 fully saturated rings. The van der Waals surface area contributed by atoms with Crippen LogP contribution in [-0.4, -0.2) is 26.7 Å². The van der Waals surface area contributed by atoms with Crippen molar-refractivity contribution in [3.05, 3.63) is 194 Å². The number of aromatic carboxylic acids is 1. The van der Waals surface area contributed by atoms with E-state index in [1.54, 1.807) is 24.3 Å². The molecule has 1 N–H and O–H groups in total. The summed E-state index contributed by atoms with van der Waals surface area (Å²) in [6.45, 7) is 0.440. The van der Waals surface area contributed by atoms with Crippen LogP contribution < -0.4 is 9.64 Å². The summed E-state index contributed by atoms with van der Waals surface area (Å²) in [5.41, 5.74) is 11.6. The summed E-state index contributed by atoms with van der Waals surface area (Å²) in [6.07, 6.45) is 0. The first-order valence-electron chi connectivity index (χ1n) is 18.6. The first-order valence-corrected chi connectivity index (χ1v) is 18.6. The molecule has 0 radical (unpaired) electrons. The summed E-state index contributed by atoms with van der Waals surface area (Å²) in [5.74, 6) is -0.463. The molecule has 8 aromatic carbocycles. The summed E-state index contributed by atoms with van der Waals surface area (Å²) in [6, 6.07) is 63.6. The van der Waals surface area contributed by atoms with Crippen molar-refractivity contribution in [2.45, 2.75) is 0 Å². The van der Waals surface area contributed by atoms with Gasteiger partial charge in [0.2, 0.25) is 0 Å². The van der Waals surface area contributed by atoms with Gasteiger partial charge in [-0.1, -0.05) is 78.9 Å². The quantitative estimate of drug-likeness (QED) is 0.149. The van der Waals surface area contributed by atoms with Gasteiger partial charge < -0.3 is 23.9 Å². The third-order valence-electron chi connectivity index (χ3n) is 10.7. The monoisotopic (exact) mass is 739 g/mol. The number of aromatic nitrogens is 2. The normalized spacial score (nSPS) is 11.4. The number of rotatable bonds is 9. The van der Waals surface area contributed by atoms with Crippen LogP contribution in [0, 0.1) is 0 Å². The molecule has 10 rings (SSSR count). The number of nitrogens with zero attached hydrogens (tertiary/aromatic N) is 3. The number of carbonyl (C=O) groups is 2. The Morgan fingerprint density at radius 1 is 0.474 bits per heavy atom. The number of hydrogen-bond acceptors (Lipinski definition) is 4. The predicted molar refractivity (Wildman–Crippen MR) is 229 cm³/mol. The summed E-state index contributed by atoms with van der Waals surface area (Å²) in [4.78, 5) is 24.9. The number of benzene rings is 8. The number of para-hydroxylation sites is 2. The fourth-order valence-electron chi connectivity index (χ4n) is 8.12. The Morgan fingerprint density at radius 3 is 1.46 bits per heavy atom. The molecule has 0 amide bonds. The average molecular weight is 740 g/mol. The Hall–Kier alpha value is -7.90. The minimum Gasteiger partial charge on any atom is -0.478 e. The molecule has 0 spiro atoms. The third-order valence-corrected chi connectivity index (χ3v) is 10.7. The summed E-state index contributed by atoms with van der Waals surface area (Å²) >= 11 is 0. The lowest BCUT2D eigenvalue weighted by molar-refractivity contribution is -0.120. The molecule has 272 valence electrons. The van der Waals surface area contributed by atoms with Crippen molar-refractivity contribution < 1.29 is 19.4 Å². The van der Waals surface area contributed by atoms with Crippen LogP contribution in [0.15, 0.2) is 188 Å². The van der Waals surface area contributed by atoms with Crippen LogP contribution in [0.5, 0.6) is 5.75 Å². The minimum atomic E-state index is -0.951. The molecule has 57 heavy (non-hydrogen) atoms. The highest BCUT2D eigenvalue weighted by atomic mass is 16.5. The average Bonchev–Trinajstić information content (AvgIpc) is 3.77. The number of carboxylic acids is 1. The highest BCUT2D eigenvalue weighted by molar-refractivity contribution is 6.12. The SMILES string of the molecule is O=COc1ccc(-n2c3ccccc3c3cc(N(c4ccc(-c5ccccc5)cc4)c4ccc5c(c4)c4ccccc4n5-c4ccc(C(=O)O)cc4)ccc32)cc1. The zero-order valence-corrected chi connectivity index (χ0v) is 30.5. The third kappa shape index (κ3) is 5.77. The van der Waals surface area contributed by atoms with E-state index in [1.807, 2.05) is 36.4 Å². The number of carbonyl (C=O) groups excluding carboxylic acids is 1. The molecule has 2 aromatic heterocycles. The van der Waals surface area contributed by atoms with Crippen LogP contribution in [-0.2, 0) is 4.79 Å². The largest absolute Gasteiger partial charge is 0.478 e. The van der Waals surface area contributed by atoms with Crippen LogP contribution in [0.1, 0.15) is 10.4 Å². The number of hydrogen-bond donors (Lipinski definition) is 1. The van der Waals surface area contributed by atoms with Crippen molar-refractivity contribution >= 4 is 73.1 Å².